The number of esters is 1. The average Bonchev–Trinajstić information content (AvgIpc) is 3.24. The van der Waals surface area contributed by atoms with Crippen LogP contribution in [0.5, 0.6) is 0 Å². The van der Waals surface area contributed by atoms with Gasteiger partial charge in [0.2, 0.25) is 0 Å². The van der Waals surface area contributed by atoms with Gasteiger partial charge in [0, 0.05) is 0 Å². The molecule has 1 aliphatic heterocycles. The molecule has 1 heterocycles. The third-order valence-corrected chi connectivity index (χ3v) is 5.40. The highest BCUT2D eigenvalue weighted by molar-refractivity contribution is 5.89. The fraction of sp³-hybridized carbons (Fsp3) is 0.550. The van der Waals surface area contributed by atoms with Crippen molar-refractivity contribution in [2.45, 2.75) is 56.5 Å². The Morgan fingerprint density at radius 1 is 1.12 bits per heavy atom. The first-order valence-electron chi connectivity index (χ1n) is 8.98. The normalized spacial score (nSPS) is 31.4. The fourth-order valence-electron chi connectivity index (χ4n) is 4.02. The monoisotopic (exact) mass is 328 g/mol. The molecule has 1 saturated heterocycles. The Balaban J connectivity index is 1.40. The quantitative estimate of drug-likeness (QED) is 0.624. The number of ether oxygens (including phenoxy) is 3. The summed E-state index contributed by atoms with van der Waals surface area (Å²) in [6, 6.07) is 9.12. The molecule has 0 amide bonds. The molecule has 1 aromatic carbocycles. The predicted molar refractivity (Wildman–Crippen MR) is 89.5 cm³/mol. The van der Waals surface area contributed by atoms with Crippen molar-refractivity contribution in [3.8, 4) is 0 Å². The molecule has 4 rings (SSSR count). The first-order chi connectivity index (χ1) is 11.8. The second-order valence-corrected chi connectivity index (χ2v) is 7.10. The van der Waals surface area contributed by atoms with Crippen LogP contribution in [0.3, 0.4) is 0 Å². The molecule has 0 aromatic heterocycles. The van der Waals surface area contributed by atoms with Gasteiger partial charge in [-0.15, -0.1) is 0 Å². The van der Waals surface area contributed by atoms with E-state index in [0.717, 1.165) is 19.3 Å². The van der Waals surface area contributed by atoms with Gasteiger partial charge in [0.05, 0.1) is 23.7 Å². The van der Waals surface area contributed by atoms with Gasteiger partial charge in [-0.2, -0.15) is 0 Å². The maximum atomic E-state index is 12.3. The van der Waals surface area contributed by atoms with Crippen molar-refractivity contribution in [2.75, 3.05) is 6.61 Å². The predicted octanol–water partition coefficient (Wildman–Crippen LogP) is 3.86. The zero-order valence-corrected chi connectivity index (χ0v) is 13.9. The van der Waals surface area contributed by atoms with Crippen LogP contribution in [0, 0.1) is 5.92 Å². The second kappa shape index (κ2) is 6.69. The van der Waals surface area contributed by atoms with Crippen molar-refractivity contribution in [3.63, 3.8) is 0 Å². The summed E-state index contributed by atoms with van der Waals surface area (Å²) < 4.78 is 18.0. The fourth-order valence-corrected chi connectivity index (χ4v) is 4.02. The van der Waals surface area contributed by atoms with Crippen LogP contribution < -0.4 is 0 Å². The number of hydrogen-bond donors (Lipinski definition) is 0. The molecule has 0 unspecified atom stereocenters. The van der Waals surface area contributed by atoms with Gasteiger partial charge in [0.1, 0.15) is 6.10 Å². The first-order valence-corrected chi connectivity index (χ1v) is 8.98. The minimum Gasteiger partial charge on any atom is -0.454 e. The standard InChI is InChI=1S/C20H24O4/c21-18(15-8-3-1-4-9-15)23-17-11-7-10-16(17)19-22-14-20(24-19)12-5-2-6-13-20/h1,3-4,7-9,11,16-17,19H,2,5-6,10,12-14H2/t16-,17+,19+/m1/s1. The Kier molecular flexibility index (Phi) is 4.42. The molecule has 1 aromatic rings. The van der Waals surface area contributed by atoms with Crippen LogP contribution in [0.15, 0.2) is 42.5 Å². The van der Waals surface area contributed by atoms with Crippen LogP contribution >= 0.6 is 0 Å². The van der Waals surface area contributed by atoms with E-state index in [9.17, 15) is 4.79 Å². The molecule has 1 spiro atoms. The SMILES string of the molecule is O=C(O[C@H]1C=CC[C@H]1[C@H]1OCC2(CCCCC2)O1)c1ccccc1. The van der Waals surface area contributed by atoms with Crippen LogP contribution in [-0.4, -0.2) is 30.6 Å². The summed E-state index contributed by atoms with van der Waals surface area (Å²) >= 11 is 0. The van der Waals surface area contributed by atoms with Crippen molar-refractivity contribution in [3.05, 3.63) is 48.0 Å². The minimum absolute atomic E-state index is 0.0546. The van der Waals surface area contributed by atoms with Crippen molar-refractivity contribution in [1.82, 2.24) is 0 Å². The molecule has 0 radical (unpaired) electrons. The van der Waals surface area contributed by atoms with E-state index in [0.29, 0.717) is 12.2 Å². The summed E-state index contributed by atoms with van der Waals surface area (Å²) in [5.74, 6) is -0.235. The molecule has 3 atom stereocenters. The largest absolute Gasteiger partial charge is 0.454 e. The van der Waals surface area contributed by atoms with Gasteiger partial charge >= 0.3 is 5.97 Å². The minimum atomic E-state index is -0.289. The van der Waals surface area contributed by atoms with Gasteiger partial charge in [-0.05, 0) is 37.5 Å². The van der Waals surface area contributed by atoms with E-state index in [4.69, 9.17) is 14.2 Å². The number of allylic oxidation sites excluding steroid dienone is 1. The Morgan fingerprint density at radius 3 is 2.71 bits per heavy atom. The van der Waals surface area contributed by atoms with Crippen LogP contribution in [0.2, 0.25) is 0 Å². The van der Waals surface area contributed by atoms with Gasteiger partial charge in [0.25, 0.3) is 0 Å². The number of rotatable bonds is 3. The van der Waals surface area contributed by atoms with Crippen LogP contribution in [0.1, 0.15) is 48.9 Å². The van der Waals surface area contributed by atoms with Crippen molar-refractivity contribution in [1.29, 1.82) is 0 Å². The Bertz CT molecular complexity index is 603. The third-order valence-electron chi connectivity index (χ3n) is 5.40. The molecule has 0 N–H and O–H groups in total. The zero-order chi connectivity index (χ0) is 16.4. The summed E-state index contributed by atoms with van der Waals surface area (Å²) in [7, 11) is 0. The summed E-state index contributed by atoms with van der Waals surface area (Å²) in [5.41, 5.74) is 0.480. The van der Waals surface area contributed by atoms with Crippen LogP contribution in [-0.2, 0) is 14.2 Å². The molecular weight excluding hydrogens is 304 g/mol. The molecule has 128 valence electrons. The molecule has 3 aliphatic rings. The summed E-state index contributed by atoms with van der Waals surface area (Å²) in [6.45, 7) is 0.674. The lowest BCUT2D eigenvalue weighted by Crippen LogP contribution is -2.37. The van der Waals surface area contributed by atoms with E-state index < -0.39 is 0 Å². The van der Waals surface area contributed by atoms with Crippen molar-refractivity contribution in [2.24, 2.45) is 5.92 Å². The summed E-state index contributed by atoms with van der Waals surface area (Å²) in [4.78, 5) is 12.3. The zero-order valence-electron chi connectivity index (χ0n) is 13.9. The smallest absolute Gasteiger partial charge is 0.338 e. The van der Waals surface area contributed by atoms with Gasteiger partial charge in [0.15, 0.2) is 6.29 Å². The van der Waals surface area contributed by atoms with E-state index in [-0.39, 0.29) is 29.9 Å². The molecule has 4 nitrogen and oxygen atoms in total. The van der Waals surface area contributed by atoms with E-state index >= 15 is 0 Å². The highest BCUT2D eigenvalue weighted by Crippen LogP contribution is 2.41. The van der Waals surface area contributed by atoms with E-state index in [1.165, 1.54) is 19.3 Å². The van der Waals surface area contributed by atoms with Gasteiger partial charge in [-0.25, -0.2) is 4.79 Å². The first kappa shape index (κ1) is 15.9. The lowest BCUT2D eigenvalue weighted by Gasteiger charge is -2.32. The van der Waals surface area contributed by atoms with Crippen molar-refractivity contribution >= 4 is 5.97 Å². The van der Waals surface area contributed by atoms with Crippen LogP contribution in [0.25, 0.3) is 0 Å². The van der Waals surface area contributed by atoms with Gasteiger partial charge in [-0.1, -0.05) is 43.5 Å². The van der Waals surface area contributed by atoms with Crippen LogP contribution in [0.4, 0.5) is 0 Å². The lowest BCUT2D eigenvalue weighted by atomic mass is 9.85. The highest BCUT2D eigenvalue weighted by Gasteiger charge is 2.47. The van der Waals surface area contributed by atoms with E-state index in [2.05, 4.69) is 6.08 Å². The lowest BCUT2D eigenvalue weighted by molar-refractivity contribution is -0.144. The molecule has 2 fully saturated rings. The second-order valence-electron chi connectivity index (χ2n) is 7.10. The molecule has 24 heavy (non-hydrogen) atoms. The summed E-state index contributed by atoms with van der Waals surface area (Å²) in [6.07, 6.45) is 10.2. The van der Waals surface area contributed by atoms with E-state index in [1.54, 1.807) is 12.1 Å². The number of carbonyl (C=O) groups excluding carboxylic acids is 1. The molecule has 1 saturated carbocycles. The molecular formula is C20H24O4. The third kappa shape index (κ3) is 3.13. The highest BCUT2D eigenvalue weighted by atomic mass is 16.7. The topological polar surface area (TPSA) is 44.8 Å². The maximum absolute atomic E-state index is 12.3. The van der Waals surface area contributed by atoms with Crippen molar-refractivity contribution < 1.29 is 19.0 Å². The Labute approximate surface area is 142 Å². The number of carbonyl (C=O) groups is 1. The maximum Gasteiger partial charge on any atom is 0.338 e. The number of benzene rings is 1. The van der Waals surface area contributed by atoms with Gasteiger partial charge in [-0.3, -0.25) is 0 Å². The summed E-state index contributed by atoms with van der Waals surface area (Å²) in [5, 5.41) is 0. The average molecular weight is 328 g/mol. The molecule has 4 heteroatoms. The van der Waals surface area contributed by atoms with Gasteiger partial charge < -0.3 is 14.2 Å². The Morgan fingerprint density at radius 2 is 1.92 bits per heavy atom. The van der Waals surface area contributed by atoms with E-state index in [1.807, 2.05) is 24.3 Å². The number of hydrogen-bond acceptors (Lipinski definition) is 4. The Hall–Kier alpha value is -1.65. The molecule has 0 bridgehead atoms. The molecule has 2 aliphatic carbocycles.